The Morgan fingerprint density at radius 1 is 1.45 bits per heavy atom. The highest BCUT2D eigenvalue weighted by Gasteiger charge is 2.14. The molecule has 11 heavy (non-hydrogen) atoms. The summed E-state index contributed by atoms with van der Waals surface area (Å²) >= 11 is 5.65. The zero-order chi connectivity index (χ0) is 7.84. The molecule has 0 atom stereocenters. The van der Waals surface area contributed by atoms with Crippen molar-refractivity contribution in [3.63, 3.8) is 0 Å². The normalized spacial score (nSPS) is 14.4. The lowest BCUT2D eigenvalue weighted by Crippen LogP contribution is -1.90. The van der Waals surface area contributed by atoms with Crippen LogP contribution in [0.15, 0.2) is 12.1 Å². The van der Waals surface area contributed by atoms with Crippen molar-refractivity contribution in [2.24, 2.45) is 0 Å². The molecule has 3 heteroatoms. The standard InChI is InChI=1S/C8H7ClFN/c9-5-3-7(10)6-1-2-11-8(6)4-5/h3-4,11H,1-2H2. The van der Waals surface area contributed by atoms with Crippen LogP contribution in [0.3, 0.4) is 0 Å². The maximum Gasteiger partial charge on any atom is 0.130 e. The Bertz CT molecular complexity index is 298. The predicted molar refractivity (Wildman–Crippen MR) is 43.6 cm³/mol. The van der Waals surface area contributed by atoms with Crippen LogP contribution in [0.5, 0.6) is 0 Å². The Kier molecular flexibility index (Phi) is 1.50. The Labute approximate surface area is 69.2 Å². The van der Waals surface area contributed by atoms with E-state index in [9.17, 15) is 4.39 Å². The van der Waals surface area contributed by atoms with Gasteiger partial charge in [-0.25, -0.2) is 4.39 Å². The van der Waals surface area contributed by atoms with E-state index in [-0.39, 0.29) is 5.82 Å². The second-order valence-corrected chi connectivity index (χ2v) is 3.03. The van der Waals surface area contributed by atoms with E-state index >= 15 is 0 Å². The minimum Gasteiger partial charge on any atom is -0.384 e. The minimum atomic E-state index is -0.197. The summed E-state index contributed by atoms with van der Waals surface area (Å²) in [6, 6.07) is 3.11. The molecule has 58 valence electrons. The van der Waals surface area contributed by atoms with Crippen LogP contribution in [0.25, 0.3) is 0 Å². The van der Waals surface area contributed by atoms with E-state index in [0.717, 1.165) is 24.2 Å². The third-order valence-corrected chi connectivity index (χ3v) is 2.07. The molecular formula is C8H7ClFN. The summed E-state index contributed by atoms with van der Waals surface area (Å²) in [5, 5.41) is 3.51. The van der Waals surface area contributed by atoms with E-state index in [0.29, 0.717) is 5.02 Å². The van der Waals surface area contributed by atoms with Crippen molar-refractivity contribution in [3.8, 4) is 0 Å². The average Bonchev–Trinajstić information content (AvgIpc) is 2.34. The van der Waals surface area contributed by atoms with Crippen LogP contribution in [0.2, 0.25) is 5.02 Å². The third kappa shape index (κ3) is 1.07. The van der Waals surface area contributed by atoms with Gasteiger partial charge in [0.15, 0.2) is 0 Å². The number of fused-ring (bicyclic) bond motifs is 1. The first-order valence-electron chi connectivity index (χ1n) is 3.49. The summed E-state index contributed by atoms with van der Waals surface area (Å²) < 4.78 is 13.0. The molecule has 0 amide bonds. The Morgan fingerprint density at radius 3 is 3.09 bits per heavy atom. The summed E-state index contributed by atoms with van der Waals surface area (Å²) in [6.45, 7) is 0.812. The number of halogens is 2. The highest BCUT2D eigenvalue weighted by atomic mass is 35.5. The molecule has 0 saturated carbocycles. The lowest BCUT2D eigenvalue weighted by atomic mass is 10.1. The molecular weight excluding hydrogens is 165 g/mol. The van der Waals surface area contributed by atoms with Crippen LogP contribution in [-0.2, 0) is 6.42 Å². The van der Waals surface area contributed by atoms with Crippen molar-refractivity contribution in [1.29, 1.82) is 0 Å². The minimum absolute atomic E-state index is 0.197. The maximum atomic E-state index is 13.0. The summed E-state index contributed by atoms with van der Waals surface area (Å²) in [4.78, 5) is 0. The van der Waals surface area contributed by atoms with Gasteiger partial charge in [0, 0.05) is 22.8 Å². The second kappa shape index (κ2) is 2.38. The molecule has 0 unspecified atom stereocenters. The third-order valence-electron chi connectivity index (χ3n) is 1.85. The Hall–Kier alpha value is -0.760. The summed E-state index contributed by atoms with van der Waals surface area (Å²) in [6.07, 6.45) is 0.762. The Balaban J connectivity index is 2.60. The molecule has 0 aromatic heterocycles. The van der Waals surface area contributed by atoms with Gasteiger partial charge in [-0.1, -0.05) is 11.6 Å². The van der Waals surface area contributed by atoms with Gasteiger partial charge < -0.3 is 5.32 Å². The van der Waals surface area contributed by atoms with Gasteiger partial charge in [0.1, 0.15) is 5.82 Å². The number of hydrogen-bond acceptors (Lipinski definition) is 1. The average molecular weight is 172 g/mol. The smallest absolute Gasteiger partial charge is 0.130 e. The molecule has 0 radical (unpaired) electrons. The molecule has 1 aliphatic heterocycles. The van der Waals surface area contributed by atoms with E-state index in [1.807, 2.05) is 0 Å². The van der Waals surface area contributed by atoms with Crippen molar-refractivity contribution in [3.05, 3.63) is 28.5 Å². The highest BCUT2D eigenvalue weighted by Crippen LogP contribution is 2.28. The van der Waals surface area contributed by atoms with E-state index in [2.05, 4.69) is 5.32 Å². The lowest BCUT2D eigenvalue weighted by molar-refractivity contribution is 0.615. The fourth-order valence-corrected chi connectivity index (χ4v) is 1.54. The predicted octanol–water partition coefficient (Wildman–Crippen LogP) is 2.45. The number of nitrogens with one attached hydrogen (secondary N) is 1. The van der Waals surface area contributed by atoms with Gasteiger partial charge in [-0.3, -0.25) is 0 Å². The molecule has 0 bridgehead atoms. The van der Waals surface area contributed by atoms with Gasteiger partial charge in [0.05, 0.1) is 0 Å². The monoisotopic (exact) mass is 171 g/mol. The number of benzene rings is 1. The number of hydrogen-bond donors (Lipinski definition) is 1. The first-order valence-corrected chi connectivity index (χ1v) is 3.87. The van der Waals surface area contributed by atoms with Crippen LogP contribution in [0, 0.1) is 5.82 Å². The highest BCUT2D eigenvalue weighted by molar-refractivity contribution is 6.30. The molecule has 2 rings (SSSR count). The molecule has 1 aromatic carbocycles. The van der Waals surface area contributed by atoms with Crippen molar-refractivity contribution < 1.29 is 4.39 Å². The first-order chi connectivity index (χ1) is 5.27. The number of anilines is 1. The molecule has 0 fully saturated rings. The van der Waals surface area contributed by atoms with Gasteiger partial charge in [-0.2, -0.15) is 0 Å². The molecule has 1 aromatic rings. The summed E-state index contributed by atoms with van der Waals surface area (Å²) in [7, 11) is 0. The van der Waals surface area contributed by atoms with Crippen molar-refractivity contribution >= 4 is 17.3 Å². The second-order valence-electron chi connectivity index (χ2n) is 2.59. The van der Waals surface area contributed by atoms with Crippen molar-refractivity contribution in [2.75, 3.05) is 11.9 Å². The van der Waals surface area contributed by atoms with E-state index in [4.69, 9.17) is 11.6 Å². The van der Waals surface area contributed by atoms with Crippen LogP contribution < -0.4 is 5.32 Å². The SMILES string of the molecule is Fc1cc(Cl)cc2c1CCN2. The van der Waals surface area contributed by atoms with E-state index in [1.54, 1.807) is 6.07 Å². The molecule has 0 saturated heterocycles. The molecule has 1 nitrogen and oxygen atoms in total. The van der Waals surface area contributed by atoms with Gasteiger partial charge in [-0.05, 0) is 18.6 Å². The lowest BCUT2D eigenvalue weighted by Gasteiger charge is -2.00. The van der Waals surface area contributed by atoms with E-state index < -0.39 is 0 Å². The van der Waals surface area contributed by atoms with Gasteiger partial charge in [0.25, 0.3) is 0 Å². The fraction of sp³-hybridized carbons (Fsp3) is 0.250. The molecule has 1 aliphatic rings. The van der Waals surface area contributed by atoms with Crippen molar-refractivity contribution in [1.82, 2.24) is 0 Å². The summed E-state index contributed by atoms with van der Waals surface area (Å²) in [5.41, 5.74) is 1.60. The van der Waals surface area contributed by atoms with Gasteiger partial charge in [-0.15, -0.1) is 0 Å². The largest absolute Gasteiger partial charge is 0.384 e. The molecule has 0 spiro atoms. The topological polar surface area (TPSA) is 12.0 Å². The maximum absolute atomic E-state index is 13.0. The van der Waals surface area contributed by atoms with Crippen LogP contribution in [-0.4, -0.2) is 6.54 Å². The van der Waals surface area contributed by atoms with Crippen LogP contribution in [0.4, 0.5) is 10.1 Å². The van der Waals surface area contributed by atoms with Crippen LogP contribution >= 0.6 is 11.6 Å². The molecule has 1 N–H and O–H groups in total. The first kappa shape index (κ1) is 6.92. The Morgan fingerprint density at radius 2 is 2.27 bits per heavy atom. The van der Waals surface area contributed by atoms with Gasteiger partial charge >= 0.3 is 0 Å². The quantitative estimate of drug-likeness (QED) is 0.632. The molecule has 0 aliphatic carbocycles. The van der Waals surface area contributed by atoms with Crippen molar-refractivity contribution in [2.45, 2.75) is 6.42 Å². The van der Waals surface area contributed by atoms with Gasteiger partial charge in [0.2, 0.25) is 0 Å². The zero-order valence-corrected chi connectivity index (χ0v) is 6.58. The number of rotatable bonds is 0. The van der Waals surface area contributed by atoms with E-state index in [1.165, 1.54) is 6.07 Å². The molecule has 1 heterocycles. The zero-order valence-electron chi connectivity index (χ0n) is 5.82. The van der Waals surface area contributed by atoms with Crippen LogP contribution in [0.1, 0.15) is 5.56 Å². The summed E-state index contributed by atoms with van der Waals surface area (Å²) in [5.74, 6) is -0.197. The fourth-order valence-electron chi connectivity index (χ4n) is 1.34.